The van der Waals surface area contributed by atoms with Gasteiger partial charge in [-0.15, -0.1) is 0 Å². The molecule has 3 aliphatic rings. The average Bonchev–Trinajstić information content (AvgIpc) is 3.12. The molecule has 3 saturated carbocycles. The lowest BCUT2D eigenvalue weighted by Gasteiger charge is -2.50. The number of carbonyl (C=O) groups excluding carboxylic acids is 1. The number of carbonyl (C=O) groups is 2. The van der Waals surface area contributed by atoms with Gasteiger partial charge >= 0.3 is 5.97 Å². The second kappa shape index (κ2) is 6.67. The summed E-state index contributed by atoms with van der Waals surface area (Å²) in [5.41, 5.74) is -0.217. The van der Waals surface area contributed by atoms with Crippen molar-refractivity contribution in [2.75, 3.05) is 5.32 Å². The summed E-state index contributed by atoms with van der Waals surface area (Å²) in [6.45, 7) is 0. The summed E-state index contributed by atoms with van der Waals surface area (Å²) in [6.07, 6.45) is 3.18. The number of amides is 1. The number of carboxylic acid groups (broad SMARTS) is 1. The van der Waals surface area contributed by atoms with Crippen molar-refractivity contribution in [3.05, 3.63) is 35.0 Å². The van der Waals surface area contributed by atoms with Crippen molar-refractivity contribution in [2.45, 2.75) is 38.5 Å². The molecule has 0 unspecified atom stereocenters. The van der Waals surface area contributed by atoms with Crippen molar-refractivity contribution in [1.29, 1.82) is 5.26 Å². The second-order valence-electron chi connectivity index (χ2n) is 7.64. The topological polar surface area (TPSA) is 103 Å². The lowest BCUT2D eigenvalue weighted by Crippen LogP contribution is -2.50. The Bertz CT molecular complexity index is 969. The minimum absolute atomic E-state index is 0.157. The molecule has 0 atom stereocenters. The molecule has 3 fully saturated rings. The number of nitrogens with zero attached hydrogens (tertiary/aromatic N) is 2. The SMILES string of the molecule is N#Cc1sc(NC(=O)C23CCC(C(=O)O)(CC2)CC3)nc1-c1ccc(F)cc1. The van der Waals surface area contributed by atoms with Crippen molar-refractivity contribution in [1.82, 2.24) is 4.98 Å². The van der Waals surface area contributed by atoms with Gasteiger partial charge in [0.25, 0.3) is 0 Å². The van der Waals surface area contributed by atoms with Gasteiger partial charge in [0.15, 0.2) is 5.13 Å². The average molecular weight is 399 g/mol. The molecule has 28 heavy (non-hydrogen) atoms. The van der Waals surface area contributed by atoms with Gasteiger partial charge in [-0.25, -0.2) is 9.37 Å². The third-order valence-corrected chi connectivity index (χ3v) is 7.12. The number of anilines is 1. The number of aliphatic carboxylic acids is 1. The van der Waals surface area contributed by atoms with E-state index in [-0.39, 0.29) is 11.7 Å². The number of benzene rings is 1. The summed E-state index contributed by atoms with van der Waals surface area (Å²) in [6, 6.07) is 7.76. The van der Waals surface area contributed by atoms with Gasteiger partial charge in [-0.3, -0.25) is 9.59 Å². The van der Waals surface area contributed by atoms with Gasteiger partial charge in [0.2, 0.25) is 5.91 Å². The third kappa shape index (κ3) is 2.96. The smallest absolute Gasteiger partial charge is 0.309 e. The number of rotatable bonds is 4. The molecule has 6 nitrogen and oxygen atoms in total. The molecule has 5 rings (SSSR count). The van der Waals surface area contributed by atoms with Crippen LogP contribution in [0.25, 0.3) is 11.3 Å². The first-order valence-corrected chi connectivity index (χ1v) is 9.91. The summed E-state index contributed by atoms with van der Waals surface area (Å²) in [5, 5.41) is 22.1. The zero-order valence-electron chi connectivity index (χ0n) is 15.0. The van der Waals surface area contributed by atoms with E-state index in [2.05, 4.69) is 16.4 Å². The first-order valence-electron chi connectivity index (χ1n) is 9.09. The Morgan fingerprint density at radius 2 is 1.68 bits per heavy atom. The molecule has 0 spiro atoms. The minimum Gasteiger partial charge on any atom is -0.481 e. The third-order valence-electron chi connectivity index (χ3n) is 6.25. The van der Waals surface area contributed by atoms with Gasteiger partial charge in [-0.1, -0.05) is 11.3 Å². The number of fused-ring (bicyclic) bond motifs is 3. The molecule has 2 aromatic rings. The number of halogens is 1. The predicted molar refractivity (Wildman–Crippen MR) is 101 cm³/mol. The van der Waals surface area contributed by atoms with Crippen molar-refractivity contribution < 1.29 is 19.1 Å². The Labute approximate surface area is 165 Å². The highest BCUT2D eigenvalue weighted by atomic mass is 32.1. The monoisotopic (exact) mass is 399 g/mol. The summed E-state index contributed by atoms with van der Waals surface area (Å²) in [5.74, 6) is -1.30. The van der Waals surface area contributed by atoms with Crippen LogP contribution in [0.3, 0.4) is 0 Å². The predicted octanol–water partition coefficient (Wildman–Crippen LogP) is 4.18. The highest BCUT2D eigenvalue weighted by Gasteiger charge is 2.55. The van der Waals surface area contributed by atoms with E-state index in [1.807, 2.05) is 0 Å². The van der Waals surface area contributed by atoms with Crippen LogP contribution in [0, 0.1) is 28.0 Å². The fourth-order valence-corrected chi connectivity index (χ4v) is 5.11. The molecular weight excluding hydrogens is 381 g/mol. The Morgan fingerprint density at radius 1 is 1.11 bits per heavy atom. The number of thiazole rings is 1. The summed E-state index contributed by atoms with van der Waals surface area (Å²) in [4.78, 5) is 29.3. The van der Waals surface area contributed by atoms with E-state index in [0.29, 0.717) is 59.8 Å². The number of aromatic nitrogens is 1. The fraction of sp³-hybridized carbons (Fsp3) is 0.400. The molecule has 0 radical (unpaired) electrons. The molecule has 3 aliphatic carbocycles. The maximum atomic E-state index is 13.2. The number of nitrogens with one attached hydrogen (secondary N) is 1. The maximum Gasteiger partial charge on any atom is 0.309 e. The van der Waals surface area contributed by atoms with E-state index in [1.165, 1.54) is 12.1 Å². The first-order chi connectivity index (χ1) is 13.4. The highest BCUT2D eigenvalue weighted by molar-refractivity contribution is 7.16. The van der Waals surface area contributed by atoms with Gasteiger partial charge in [-0.05, 0) is 62.8 Å². The largest absolute Gasteiger partial charge is 0.481 e. The molecule has 0 aliphatic heterocycles. The zero-order valence-corrected chi connectivity index (χ0v) is 15.8. The lowest BCUT2D eigenvalue weighted by molar-refractivity contribution is -0.162. The van der Waals surface area contributed by atoms with Crippen LogP contribution in [0.4, 0.5) is 9.52 Å². The van der Waals surface area contributed by atoms with Crippen LogP contribution in [0.2, 0.25) is 0 Å². The Morgan fingerprint density at radius 3 is 2.21 bits per heavy atom. The normalized spacial score (nSPS) is 25.9. The zero-order chi connectivity index (χ0) is 19.9. The quantitative estimate of drug-likeness (QED) is 0.803. The molecular formula is C20H18FN3O3S. The van der Waals surface area contributed by atoms with E-state index in [9.17, 15) is 24.3 Å². The molecule has 8 heteroatoms. The van der Waals surface area contributed by atoms with E-state index in [4.69, 9.17) is 0 Å². The van der Waals surface area contributed by atoms with Gasteiger partial charge in [0.05, 0.1) is 5.41 Å². The van der Waals surface area contributed by atoms with E-state index in [0.717, 1.165) is 11.3 Å². The van der Waals surface area contributed by atoms with Crippen LogP contribution in [0.5, 0.6) is 0 Å². The van der Waals surface area contributed by atoms with Gasteiger partial charge in [0, 0.05) is 11.0 Å². The fourth-order valence-electron chi connectivity index (χ4n) is 4.33. The van der Waals surface area contributed by atoms with E-state index in [1.54, 1.807) is 12.1 Å². The number of carboxylic acids is 1. The molecule has 1 aromatic carbocycles. The van der Waals surface area contributed by atoms with Gasteiger partial charge in [-0.2, -0.15) is 5.26 Å². The van der Waals surface area contributed by atoms with Crippen LogP contribution in [0.15, 0.2) is 24.3 Å². The molecule has 144 valence electrons. The van der Waals surface area contributed by atoms with Crippen molar-refractivity contribution in [3.63, 3.8) is 0 Å². The van der Waals surface area contributed by atoms with Gasteiger partial charge in [0.1, 0.15) is 22.5 Å². The number of hydrogen-bond acceptors (Lipinski definition) is 5. The Balaban J connectivity index is 1.54. The lowest BCUT2D eigenvalue weighted by atomic mass is 9.53. The molecule has 2 bridgehead atoms. The molecule has 0 saturated heterocycles. The summed E-state index contributed by atoms with van der Waals surface area (Å²) >= 11 is 1.08. The summed E-state index contributed by atoms with van der Waals surface area (Å²) < 4.78 is 13.2. The van der Waals surface area contributed by atoms with Crippen molar-refractivity contribution in [3.8, 4) is 17.3 Å². The van der Waals surface area contributed by atoms with Crippen molar-refractivity contribution in [2.24, 2.45) is 10.8 Å². The van der Waals surface area contributed by atoms with Crippen LogP contribution in [-0.2, 0) is 9.59 Å². The standard InChI is InChI=1S/C20H18FN3O3S/c21-13-3-1-12(2-4-13)15-14(11-22)28-18(23-15)24-16(25)19-5-8-20(9-6-19,10-7-19)17(26)27/h1-4H,5-10H2,(H,26,27)(H,23,24,25). The van der Waals surface area contributed by atoms with E-state index >= 15 is 0 Å². The van der Waals surface area contributed by atoms with Crippen LogP contribution in [-0.4, -0.2) is 22.0 Å². The first kappa shape index (κ1) is 18.6. The Hall–Kier alpha value is -2.79. The summed E-state index contributed by atoms with van der Waals surface area (Å²) in [7, 11) is 0. The van der Waals surface area contributed by atoms with Crippen LogP contribution < -0.4 is 5.32 Å². The molecule has 1 amide bonds. The number of hydrogen-bond donors (Lipinski definition) is 2. The minimum atomic E-state index is -0.760. The molecule has 1 heterocycles. The molecule has 2 N–H and O–H groups in total. The van der Waals surface area contributed by atoms with Crippen LogP contribution in [0.1, 0.15) is 43.4 Å². The second-order valence-corrected chi connectivity index (χ2v) is 8.63. The number of nitriles is 1. The van der Waals surface area contributed by atoms with Crippen molar-refractivity contribution >= 4 is 28.3 Å². The Kier molecular flexibility index (Phi) is 4.42. The maximum absolute atomic E-state index is 13.2. The van der Waals surface area contributed by atoms with E-state index < -0.39 is 16.8 Å². The molecule has 1 aromatic heterocycles. The highest BCUT2D eigenvalue weighted by Crippen LogP contribution is 2.57. The van der Waals surface area contributed by atoms with Gasteiger partial charge < -0.3 is 10.4 Å². The van der Waals surface area contributed by atoms with Crippen LogP contribution >= 0.6 is 11.3 Å².